The van der Waals surface area contributed by atoms with Gasteiger partial charge in [-0.25, -0.2) is 0 Å². The number of esters is 1. The minimum absolute atomic E-state index is 0.0400. The molecular weight excluding hydrogens is 328 g/mol. The van der Waals surface area contributed by atoms with Crippen molar-refractivity contribution in [2.75, 3.05) is 7.11 Å². The van der Waals surface area contributed by atoms with Gasteiger partial charge in [0.05, 0.1) is 7.11 Å². The molecule has 0 aromatic heterocycles. The summed E-state index contributed by atoms with van der Waals surface area (Å²) < 4.78 is 10.8. The van der Waals surface area contributed by atoms with Crippen molar-refractivity contribution >= 4 is 11.8 Å². The van der Waals surface area contributed by atoms with Crippen LogP contribution >= 0.6 is 0 Å². The fourth-order valence-corrected chi connectivity index (χ4v) is 2.65. The Labute approximate surface area is 155 Å². The van der Waals surface area contributed by atoms with Crippen molar-refractivity contribution in [1.29, 1.82) is 0 Å². The molecule has 2 aromatic rings. The highest BCUT2D eigenvalue weighted by Gasteiger charge is 2.21. The zero-order valence-corrected chi connectivity index (χ0v) is 15.9. The van der Waals surface area contributed by atoms with Crippen LogP contribution in [0.1, 0.15) is 56.0 Å². The Balaban J connectivity index is 1.94. The first-order chi connectivity index (χ1) is 12.3. The molecule has 2 rings (SSSR count). The van der Waals surface area contributed by atoms with Gasteiger partial charge in [0, 0.05) is 24.0 Å². The Hall–Kier alpha value is -2.62. The number of carbonyl (C=O) groups is 2. The average molecular weight is 354 g/mol. The van der Waals surface area contributed by atoms with Gasteiger partial charge in [0.15, 0.2) is 5.78 Å². The van der Waals surface area contributed by atoms with E-state index in [-0.39, 0.29) is 23.6 Å². The highest BCUT2D eigenvalue weighted by molar-refractivity contribution is 5.96. The third-order valence-corrected chi connectivity index (χ3v) is 4.10. The topological polar surface area (TPSA) is 52.6 Å². The second-order valence-electron chi connectivity index (χ2n) is 7.23. The Morgan fingerprint density at radius 2 is 1.65 bits per heavy atom. The van der Waals surface area contributed by atoms with Crippen LogP contribution in [0.3, 0.4) is 0 Å². The van der Waals surface area contributed by atoms with E-state index in [1.54, 1.807) is 31.4 Å². The molecule has 0 radical (unpaired) electrons. The second-order valence-corrected chi connectivity index (χ2v) is 7.23. The Bertz CT molecular complexity index is 757. The molecule has 0 unspecified atom stereocenters. The molecular formula is C22H26O4. The van der Waals surface area contributed by atoms with E-state index in [0.717, 1.165) is 11.3 Å². The second kappa shape index (κ2) is 8.65. The van der Waals surface area contributed by atoms with Crippen LogP contribution in [0.25, 0.3) is 0 Å². The largest absolute Gasteiger partial charge is 0.497 e. The van der Waals surface area contributed by atoms with Crippen LogP contribution in [0.15, 0.2) is 48.5 Å². The number of rotatable bonds is 7. The summed E-state index contributed by atoms with van der Waals surface area (Å²) in [5, 5.41) is 0. The number of methoxy groups -OCH3 is 1. The van der Waals surface area contributed by atoms with E-state index in [4.69, 9.17) is 9.47 Å². The van der Waals surface area contributed by atoms with E-state index >= 15 is 0 Å². The van der Waals surface area contributed by atoms with Crippen LogP contribution in [-0.2, 0) is 10.2 Å². The zero-order valence-electron chi connectivity index (χ0n) is 15.9. The van der Waals surface area contributed by atoms with Crippen molar-refractivity contribution in [3.05, 3.63) is 59.7 Å². The van der Waals surface area contributed by atoms with Gasteiger partial charge in [-0.3, -0.25) is 9.59 Å². The minimum Gasteiger partial charge on any atom is -0.497 e. The maximum atomic E-state index is 12.2. The summed E-state index contributed by atoms with van der Waals surface area (Å²) >= 11 is 0. The van der Waals surface area contributed by atoms with Gasteiger partial charge in [-0.2, -0.15) is 0 Å². The number of hydrogen-bond acceptors (Lipinski definition) is 4. The van der Waals surface area contributed by atoms with Gasteiger partial charge in [-0.1, -0.05) is 51.1 Å². The monoisotopic (exact) mass is 354 g/mol. The molecule has 0 atom stereocenters. The van der Waals surface area contributed by atoms with Gasteiger partial charge in [-0.05, 0) is 30.0 Å². The maximum absolute atomic E-state index is 12.2. The number of ether oxygens (including phenoxy) is 2. The summed E-state index contributed by atoms with van der Waals surface area (Å²) in [5.41, 5.74) is 1.39. The van der Waals surface area contributed by atoms with Crippen molar-refractivity contribution in [3.8, 4) is 11.5 Å². The third kappa shape index (κ3) is 5.45. The van der Waals surface area contributed by atoms with E-state index in [0.29, 0.717) is 24.2 Å². The van der Waals surface area contributed by atoms with Gasteiger partial charge < -0.3 is 9.47 Å². The van der Waals surface area contributed by atoms with Crippen LogP contribution in [-0.4, -0.2) is 18.9 Å². The number of benzene rings is 2. The minimum atomic E-state index is -0.332. The Morgan fingerprint density at radius 1 is 0.962 bits per heavy atom. The highest BCUT2D eigenvalue weighted by Crippen LogP contribution is 2.34. The molecule has 0 heterocycles. The van der Waals surface area contributed by atoms with Crippen molar-refractivity contribution in [1.82, 2.24) is 0 Å². The molecule has 4 nitrogen and oxygen atoms in total. The lowest BCUT2D eigenvalue weighted by Gasteiger charge is -2.23. The Kier molecular flexibility index (Phi) is 6.56. The predicted molar refractivity (Wildman–Crippen MR) is 102 cm³/mol. The molecule has 0 N–H and O–H groups in total. The molecule has 0 amide bonds. The number of Topliss-reactive ketones (excluding diaryl/α,β-unsaturated/α-hetero) is 1. The molecule has 0 fully saturated rings. The summed E-state index contributed by atoms with van der Waals surface area (Å²) in [5.74, 6) is 0.973. The van der Waals surface area contributed by atoms with Crippen LogP contribution in [0.2, 0.25) is 0 Å². The first-order valence-corrected chi connectivity index (χ1v) is 8.78. The number of carbonyl (C=O) groups excluding carboxylic acids is 2. The number of hydrogen-bond donors (Lipinski definition) is 0. The van der Waals surface area contributed by atoms with Crippen molar-refractivity contribution < 1.29 is 19.1 Å². The zero-order chi connectivity index (χ0) is 19.2. The molecule has 138 valence electrons. The fraction of sp³-hybridized carbons (Fsp3) is 0.364. The highest BCUT2D eigenvalue weighted by atomic mass is 16.5. The van der Waals surface area contributed by atoms with Crippen molar-refractivity contribution in [3.63, 3.8) is 0 Å². The van der Waals surface area contributed by atoms with Gasteiger partial charge >= 0.3 is 5.97 Å². The molecule has 2 aromatic carbocycles. The molecule has 0 aliphatic heterocycles. The van der Waals surface area contributed by atoms with E-state index < -0.39 is 0 Å². The van der Waals surface area contributed by atoms with Crippen LogP contribution in [0.5, 0.6) is 11.5 Å². The third-order valence-electron chi connectivity index (χ3n) is 4.10. The SMILES string of the molecule is COc1ccc(OC(=O)CCCC(=O)c2ccccc2)c(C(C)(C)C)c1. The van der Waals surface area contributed by atoms with Gasteiger partial charge in [0.25, 0.3) is 0 Å². The molecule has 0 saturated heterocycles. The van der Waals surface area contributed by atoms with E-state index in [1.807, 2.05) is 24.3 Å². The fourth-order valence-electron chi connectivity index (χ4n) is 2.65. The van der Waals surface area contributed by atoms with E-state index in [2.05, 4.69) is 20.8 Å². The average Bonchev–Trinajstić information content (AvgIpc) is 2.61. The Morgan fingerprint density at radius 3 is 2.27 bits per heavy atom. The molecule has 4 heteroatoms. The maximum Gasteiger partial charge on any atom is 0.311 e. The molecule has 0 aliphatic rings. The van der Waals surface area contributed by atoms with Gasteiger partial charge in [0.2, 0.25) is 0 Å². The smallest absolute Gasteiger partial charge is 0.311 e. The summed E-state index contributed by atoms with van der Waals surface area (Å²) in [6, 6.07) is 14.5. The lowest BCUT2D eigenvalue weighted by molar-refractivity contribution is -0.134. The first kappa shape index (κ1) is 19.7. The van der Waals surface area contributed by atoms with Gasteiger partial charge in [0.1, 0.15) is 11.5 Å². The molecule has 0 bridgehead atoms. The molecule has 0 saturated carbocycles. The summed E-state index contributed by atoms with van der Waals surface area (Å²) in [7, 11) is 1.61. The summed E-state index contributed by atoms with van der Waals surface area (Å²) in [6.07, 6.45) is 0.996. The molecule has 26 heavy (non-hydrogen) atoms. The van der Waals surface area contributed by atoms with Crippen molar-refractivity contribution in [2.45, 2.75) is 45.4 Å². The number of ketones is 1. The predicted octanol–water partition coefficient (Wildman–Crippen LogP) is 4.95. The van der Waals surface area contributed by atoms with Crippen LogP contribution in [0.4, 0.5) is 0 Å². The normalized spacial score (nSPS) is 11.1. The summed E-state index contributed by atoms with van der Waals surface area (Å²) in [4.78, 5) is 24.3. The quantitative estimate of drug-likeness (QED) is 0.401. The standard InChI is InChI=1S/C22H26O4/c1-22(2,3)18-15-17(25-4)13-14-20(18)26-21(24)12-8-11-19(23)16-9-6-5-7-10-16/h5-7,9-10,13-15H,8,11-12H2,1-4H3. The van der Waals surface area contributed by atoms with Crippen LogP contribution in [0, 0.1) is 0 Å². The first-order valence-electron chi connectivity index (χ1n) is 8.78. The lowest BCUT2D eigenvalue weighted by Crippen LogP contribution is -2.16. The van der Waals surface area contributed by atoms with Gasteiger partial charge in [-0.15, -0.1) is 0 Å². The molecule has 0 aliphatic carbocycles. The molecule has 0 spiro atoms. The van der Waals surface area contributed by atoms with Crippen LogP contribution < -0.4 is 9.47 Å². The lowest BCUT2D eigenvalue weighted by atomic mass is 9.86. The van der Waals surface area contributed by atoms with E-state index in [1.165, 1.54) is 0 Å². The summed E-state index contributed by atoms with van der Waals surface area (Å²) in [6.45, 7) is 6.16. The van der Waals surface area contributed by atoms with E-state index in [9.17, 15) is 9.59 Å². The van der Waals surface area contributed by atoms with Crippen molar-refractivity contribution in [2.24, 2.45) is 0 Å².